The van der Waals surface area contributed by atoms with Gasteiger partial charge in [-0.2, -0.15) is 0 Å². The summed E-state index contributed by atoms with van der Waals surface area (Å²) in [6.07, 6.45) is 1.61. The van der Waals surface area contributed by atoms with E-state index >= 15 is 0 Å². The molecular formula is C20H22N2O2S. The number of carbonyl (C=O) groups excluding carboxylic acids is 2. The van der Waals surface area contributed by atoms with Crippen LogP contribution >= 0.6 is 11.8 Å². The highest BCUT2D eigenvalue weighted by atomic mass is 32.2. The number of anilines is 1. The normalized spacial score (nSPS) is 10.1. The van der Waals surface area contributed by atoms with Gasteiger partial charge in [-0.1, -0.05) is 48.0 Å². The summed E-state index contributed by atoms with van der Waals surface area (Å²) < 4.78 is 0. The number of nitrogens with one attached hydrogen (secondary N) is 2. The lowest BCUT2D eigenvalue weighted by Crippen LogP contribution is -2.25. The molecule has 0 heterocycles. The molecule has 130 valence electrons. The van der Waals surface area contributed by atoms with Crippen LogP contribution in [0.1, 0.15) is 21.5 Å². The quantitative estimate of drug-likeness (QED) is 0.709. The predicted octanol–water partition coefficient (Wildman–Crippen LogP) is 3.78. The van der Waals surface area contributed by atoms with Crippen LogP contribution in [0.5, 0.6) is 0 Å². The fourth-order valence-corrected chi connectivity index (χ4v) is 3.07. The van der Waals surface area contributed by atoms with Crippen LogP contribution in [0.25, 0.3) is 0 Å². The van der Waals surface area contributed by atoms with Crippen molar-refractivity contribution in [1.82, 2.24) is 5.32 Å². The van der Waals surface area contributed by atoms with E-state index in [1.54, 1.807) is 42.1 Å². The Balaban J connectivity index is 1.90. The molecule has 2 aromatic rings. The molecule has 25 heavy (non-hydrogen) atoms. The summed E-state index contributed by atoms with van der Waals surface area (Å²) in [5.74, 6) is 0.748. The second kappa shape index (κ2) is 9.69. The summed E-state index contributed by atoms with van der Waals surface area (Å²) in [5.41, 5.74) is 3.37. The van der Waals surface area contributed by atoms with Gasteiger partial charge < -0.3 is 10.6 Å². The van der Waals surface area contributed by atoms with Crippen LogP contribution in [0.4, 0.5) is 5.69 Å². The average molecular weight is 354 g/mol. The lowest BCUT2D eigenvalue weighted by Gasteiger charge is -2.11. The van der Waals surface area contributed by atoms with E-state index in [0.29, 0.717) is 23.5 Å². The van der Waals surface area contributed by atoms with E-state index in [-0.39, 0.29) is 11.8 Å². The standard InChI is InChI=1S/C20H22N2O2S/c1-3-11-21-20(24)17-9-4-5-10-18(17)22-19(23)14-25-13-16-8-6-7-15(2)12-16/h3-10,12H,1,11,13-14H2,2H3,(H,21,24)(H,22,23). The maximum atomic E-state index is 12.2. The summed E-state index contributed by atoms with van der Waals surface area (Å²) in [6.45, 7) is 6.01. The Kier molecular flexibility index (Phi) is 7.29. The first kappa shape index (κ1) is 18.8. The Morgan fingerprint density at radius 2 is 1.96 bits per heavy atom. The van der Waals surface area contributed by atoms with Crippen LogP contribution in [0, 0.1) is 6.92 Å². The molecule has 5 heteroatoms. The molecule has 2 amide bonds. The smallest absolute Gasteiger partial charge is 0.253 e. The summed E-state index contributed by atoms with van der Waals surface area (Å²) >= 11 is 1.54. The number of amides is 2. The van der Waals surface area contributed by atoms with Crippen molar-refractivity contribution in [3.63, 3.8) is 0 Å². The van der Waals surface area contributed by atoms with Gasteiger partial charge in [0.2, 0.25) is 5.91 Å². The van der Waals surface area contributed by atoms with Gasteiger partial charge in [0.15, 0.2) is 0 Å². The topological polar surface area (TPSA) is 58.2 Å². The maximum Gasteiger partial charge on any atom is 0.253 e. The molecule has 0 bridgehead atoms. The molecule has 0 atom stereocenters. The van der Waals surface area contributed by atoms with Crippen LogP contribution in [0.15, 0.2) is 61.2 Å². The molecule has 0 fully saturated rings. The summed E-state index contributed by atoms with van der Waals surface area (Å²) in [6, 6.07) is 15.2. The molecule has 2 N–H and O–H groups in total. The van der Waals surface area contributed by atoms with Crippen molar-refractivity contribution in [2.45, 2.75) is 12.7 Å². The molecule has 2 aromatic carbocycles. The van der Waals surface area contributed by atoms with Gasteiger partial charge in [-0.15, -0.1) is 18.3 Å². The molecule has 0 unspecified atom stereocenters. The van der Waals surface area contributed by atoms with E-state index in [1.807, 2.05) is 6.07 Å². The maximum absolute atomic E-state index is 12.2. The monoisotopic (exact) mass is 354 g/mol. The minimum atomic E-state index is -0.233. The summed E-state index contributed by atoms with van der Waals surface area (Å²) in [5, 5.41) is 5.54. The molecule has 0 saturated carbocycles. The number of benzene rings is 2. The van der Waals surface area contributed by atoms with E-state index in [1.165, 1.54) is 11.1 Å². The predicted molar refractivity (Wildman–Crippen MR) is 105 cm³/mol. The Morgan fingerprint density at radius 3 is 2.72 bits per heavy atom. The third-order valence-corrected chi connectivity index (χ3v) is 4.44. The Morgan fingerprint density at radius 1 is 1.16 bits per heavy atom. The molecule has 2 rings (SSSR count). The second-order valence-corrected chi connectivity index (χ2v) is 6.56. The molecule has 0 aliphatic rings. The molecular weight excluding hydrogens is 332 g/mol. The van der Waals surface area contributed by atoms with Crippen molar-refractivity contribution in [2.24, 2.45) is 0 Å². The second-order valence-electron chi connectivity index (χ2n) is 5.57. The van der Waals surface area contributed by atoms with Gasteiger partial charge in [-0.3, -0.25) is 9.59 Å². The SMILES string of the molecule is C=CCNC(=O)c1ccccc1NC(=O)CSCc1cccc(C)c1. The van der Waals surface area contributed by atoms with Gasteiger partial charge in [0.1, 0.15) is 0 Å². The first-order chi connectivity index (χ1) is 12.1. The average Bonchev–Trinajstić information content (AvgIpc) is 2.60. The summed E-state index contributed by atoms with van der Waals surface area (Å²) in [7, 11) is 0. The zero-order valence-electron chi connectivity index (χ0n) is 14.2. The van der Waals surface area contributed by atoms with Crippen LogP contribution in [0.2, 0.25) is 0 Å². The highest BCUT2D eigenvalue weighted by Crippen LogP contribution is 2.17. The highest BCUT2D eigenvalue weighted by molar-refractivity contribution is 7.99. The van der Waals surface area contributed by atoms with E-state index in [2.05, 4.69) is 42.3 Å². The van der Waals surface area contributed by atoms with Crippen LogP contribution < -0.4 is 10.6 Å². The van der Waals surface area contributed by atoms with Gasteiger partial charge in [-0.05, 0) is 24.6 Å². The van der Waals surface area contributed by atoms with Crippen molar-refractivity contribution >= 4 is 29.3 Å². The first-order valence-electron chi connectivity index (χ1n) is 8.01. The summed E-state index contributed by atoms with van der Waals surface area (Å²) in [4.78, 5) is 24.3. The van der Waals surface area contributed by atoms with E-state index in [0.717, 1.165) is 5.75 Å². The van der Waals surface area contributed by atoms with Crippen molar-refractivity contribution in [3.05, 3.63) is 77.9 Å². The van der Waals surface area contributed by atoms with Crippen LogP contribution in [0.3, 0.4) is 0 Å². The number of para-hydroxylation sites is 1. The van der Waals surface area contributed by atoms with Gasteiger partial charge in [-0.25, -0.2) is 0 Å². The van der Waals surface area contributed by atoms with Gasteiger partial charge in [0.25, 0.3) is 5.91 Å². The van der Waals surface area contributed by atoms with Crippen molar-refractivity contribution in [3.8, 4) is 0 Å². The van der Waals surface area contributed by atoms with Gasteiger partial charge >= 0.3 is 0 Å². The molecule has 0 aliphatic carbocycles. The minimum Gasteiger partial charge on any atom is -0.349 e. The molecule has 0 aliphatic heterocycles. The number of rotatable bonds is 8. The Bertz CT molecular complexity index is 759. The molecule has 0 aromatic heterocycles. The minimum absolute atomic E-state index is 0.123. The van der Waals surface area contributed by atoms with Gasteiger partial charge in [0.05, 0.1) is 17.0 Å². The van der Waals surface area contributed by atoms with Crippen molar-refractivity contribution < 1.29 is 9.59 Å². The van der Waals surface area contributed by atoms with Crippen molar-refractivity contribution in [1.29, 1.82) is 0 Å². The zero-order valence-corrected chi connectivity index (χ0v) is 15.1. The number of hydrogen-bond donors (Lipinski definition) is 2. The fourth-order valence-electron chi connectivity index (χ4n) is 2.30. The Hall–Kier alpha value is -2.53. The number of hydrogen-bond acceptors (Lipinski definition) is 3. The number of carbonyl (C=O) groups is 2. The first-order valence-corrected chi connectivity index (χ1v) is 9.17. The highest BCUT2D eigenvalue weighted by Gasteiger charge is 2.12. The van der Waals surface area contributed by atoms with Crippen LogP contribution in [-0.2, 0) is 10.5 Å². The molecule has 4 nitrogen and oxygen atoms in total. The van der Waals surface area contributed by atoms with E-state index in [9.17, 15) is 9.59 Å². The molecule has 0 saturated heterocycles. The number of aryl methyl sites for hydroxylation is 1. The molecule has 0 spiro atoms. The van der Waals surface area contributed by atoms with Gasteiger partial charge in [0, 0.05) is 12.3 Å². The largest absolute Gasteiger partial charge is 0.349 e. The fraction of sp³-hybridized carbons (Fsp3) is 0.200. The van der Waals surface area contributed by atoms with E-state index < -0.39 is 0 Å². The number of thioether (sulfide) groups is 1. The third-order valence-electron chi connectivity index (χ3n) is 3.44. The van der Waals surface area contributed by atoms with Crippen LogP contribution in [-0.4, -0.2) is 24.1 Å². The Labute approximate surface area is 152 Å². The zero-order chi connectivity index (χ0) is 18.1. The lowest BCUT2D eigenvalue weighted by atomic mass is 10.1. The van der Waals surface area contributed by atoms with E-state index in [4.69, 9.17) is 0 Å². The van der Waals surface area contributed by atoms with Crippen molar-refractivity contribution in [2.75, 3.05) is 17.6 Å². The third kappa shape index (κ3) is 6.12. The lowest BCUT2D eigenvalue weighted by molar-refractivity contribution is -0.113. The molecule has 0 radical (unpaired) electrons.